The Morgan fingerprint density at radius 3 is 2.58 bits per heavy atom. The highest BCUT2D eigenvalue weighted by atomic mass is 79.9. The standard InChI is InChI=1S/C13H14BrCl2N3/c1-7(2)19-13(11(16)6-18-19)12(17)9-4-3-8(15)5-10(9)14/h3-7,12H,17H2,1-2H3. The Labute approximate surface area is 130 Å². The van der Waals surface area contributed by atoms with E-state index < -0.39 is 0 Å². The molecule has 0 fully saturated rings. The first-order valence-electron chi connectivity index (χ1n) is 5.85. The van der Waals surface area contributed by atoms with E-state index in [9.17, 15) is 0 Å². The zero-order valence-corrected chi connectivity index (χ0v) is 13.7. The van der Waals surface area contributed by atoms with Crippen molar-refractivity contribution >= 4 is 39.1 Å². The Hall–Kier alpha value is -0.550. The first-order chi connectivity index (χ1) is 8.91. The van der Waals surface area contributed by atoms with Crippen molar-refractivity contribution in [1.29, 1.82) is 0 Å². The lowest BCUT2D eigenvalue weighted by molar-refractivity contribution is 0.499. The van der Waals surface area contributed by atoms with Gasteiger partial charge in [0.2, 0.25) is 0 Å². The van der Waals surface area contributed by atoms with Crippen LogP contribution in [0.4, 0.5) is 0 Å². The molecule has 1 unspecified atom stereocenters. The molecule has 1 aromatic heterocycles. The lowest BCUT2D eigenvalue weighted by Gasteiger charge is -2.19. The van der Waals surface area contributed by atoms with Crippen molar-refractivity contribution < 1.29 is 0 Å². The summed E-state index contributed by atoms with van der Waals surface area (Å²) >= 11 is 15.6. The Morgan fingerprint density at radius 1 is 1.32 bits per heavy atom. The molecule has 0 spiro atoms. The first kappa shape index (κ1) is 14.9. The van der Waals surface area contributed by atoms with Crippen LogP contribution in [0, 0.1) is 0 Å². The molecule has 0 saturated carbocycles. The van der Waals surface area contributed by atoms with Gasteiger partial charge in [-0.05, 0) is 31.5 Å². The average Bonchev–Trinajstić information content (AvgIpc) is 2.70. The molecule has 0 bridgehead atoms. The van der Waals surface area contributed by atoms with Crippen molar-refractivity contribution in [3.63, 3.8) is 0 Å². The summed E-state index contributed by atoms with van der Waals surface area (Å²) in [6.45, 7) is 4.08. The third-order valence-corrected chi connectivity index (χ3v) is 4.08. The van der Waals surface area contributed by atoms with Crippen LogP contribution >= 0.6 is 39.1 Å². The maximum atomic E-state index is 6.33. The zero-order valence-electron chi connectivity index (χ0n) is 10.6. The highest BCUT2D eigenvalue weighted by Crippen LogP contribution is 2.33. The molecule has 102 valence electrons. The molecular formula is C13H14BrCl2N3. The molecule has 1 aromatic carbocycles. The van der Waals surface area contributed by atoms with Crippen LogP contribution in [0.1, 0.15) is 37.2 Å². The molecule has 0 amide bonds. The lowest BCUT2D eigenvalue weighted by Crippen LogP contribution is -2.19. The summed E-state index contributed by atoms with van der Waals surface area (Å²) in [5.74, 6) is 0. The maximum Gasteiger partial charge on any atom is 0.0837 e. The first-order valence-corrected chi connectivity index (χ1v) is 7.40. The van der Waals surface area contributed by atoms with Gasteiger partial charge in [0.1, 0.15) is 0 Å². The third-order valence-electron chi connectivity index (χ3n) is 2.87. The van der Waals surface area contributed by atoms with Gasteiger partial charge in [-0.15, -0.1) is 0 Å². The largest absolute Gasteiger partial charge is 0.319 e. The van der Waals surface area contributed by atoms with Crippen molar-refractivity contribution in [3.05, 3.63) is 50.2 Å². The van der Waals surface area contributed by atoms with Crippen LogP contribution in [-0.4, -0.2) is 9.78 Å². The second-order valence-corrected chi connectivity index (χ2v) is 6.26. The molecule has 3 nitrogen and oxygen atoms in total. The van der Waals surface area contributed by atoms with Crippen molar-refractivity contribution in [2.75, 3.05) is 0 Å². The van der Waals surface area contributed by atoms with Crippen LogP contribution in [0.2, 0.25) is 10.0 Å². The molecule has 2 aromatic rings. The summed E-state index contributed by atoms with van der Waals surface area (Å²) in [5.41, 5.74) is 8.06. The van der Waals surface area contributed by atoms with Crippen molar-refractivity contribution in [1.82, 2.24) is 9.78 Å². The second kappa shape index (κ2) is 5.83. The summed E-state index contributed by atoms with van der Waals surface area (Å²) < 4.78 is 2.70. The quantitative estimate of drug-likeness (QED) is 0.868. The summed E-state index contributed by atoms with van der Waals surface area (Å²) in [7, 11) is 0. The predicted molar refractivity (Wildman–Crippen MR) is 82.8 cm³/mol. The molecule has 1 heterocycles. The van der Waals surface area contributed by atoms with Crippen LogP contribution in [0.15, 0.2) is 28.9 Å². The van der Waals surface area contributed by atoms with Crippen LogP contribution < -0.4 is 5.73 Å². The molecular weight excluding hydrogens is 349 g/mol. The molecule has 0 radical (unpaired) electrons. The zero-order chi connectivity index (χ0) is 14.2. The van der Waals surface area contributed by atoms with Crippen molar-refractivity contribution in [2.45, 2.75) is 25.9 Å². The molecule has 0 aliphatic heterocycles. The van der Waals surface area contributed by atoms with Gasteiger partial charge in [-0.25, -0.2) is 0 Å². The Bertz CT molecular complexity index is 596. The smallest absolute Gasteiger partial charge is 0.0837 e. The average molecular weight is 363 g/mol. The molecule has 0 aliphatic carbocycles. The number of hydrogen-bond acceptors (Lipinski definition) is 2. The van der Waals surface area contributed by atoms with E-state index in [2.05, 4.69) is 21.0 Å². The molecule has 2 rings (SSSR count). The minimum absolute atomic E-state index is 0.194. The number of nitrogens with two attached hydrogens (primary N) is 1. The summed E-state index contributed by atoms with van der Waals surface area (Å²) in [6.07, 6.45) is 1.63. The number of nitrogens with zero attached hydrogens (tertiary/aromatic N) is 2. The van der Waals surface area contributed by atoms with E-state index in [0.29, 0.717) is 10.0 Å². The topological polar surface area (TPSA) is 43.8 Å². The van der Waals surface area contributed by atoms with Gasteiger partial charge in [-0.2, -0.15) is 5.10 Å². The summed E-state index contributed by atoms with van der Waals surface area (Å²) in [6, 6.07) is 5.36. The van der Waals surface area contributed by atoms with Gasteiger partial charge in [-0.3, -0.25) is 4.68 Å². The van der Waals surface area contributed by atoms with Crippen LogP contribution in [0.3, 0.4) is 0 Å². The highest BCUT2D eigenvalue weighted by Gasteiger charge is 2.21. The normalized spacial score (nSPS) is 13.0. The molecule has 0 aliphatic rings. The van der Waals surface area contributed by atoms with Gasteiger partial charge in [0.25, 0.3) is 0 Å². The predicted octanol–water partition coefficient (Wildman–Crippen LogP) is 4.58. The number of benzene rings is 1. The van der Waals surface area contributed by atoms with E-state index in [-0.39, 0.29) is 12.1 Å². The summed E-state index contributed by atoms with van der Waals surface area (Å²) in [5, 5.41) is 5.50. The Kier molecular flexibility index (Phi) is 4.56. The minimum atomic E-state index is -0.357. The fourth-order valence-electron chi connectivity index (χ4n) is 1.95. The molecule has 1 atom stereocenters. The number of halogens is 3. The van der Waals surface area contributed by atoms with E-state index in [0.717, 1.165) is 15.7 Å². The fraction of sp³-hybridized carbons (Fsp3) is 0.308. The van der Waals surface area contributed by atoms with Gasteiger partial charge in [0, 0.05) is 15.5 Å². The van der Waals surface area contributed by atoms with E-state index in [1.165, 1.54) is 0 Å². The van der Waals surface area contributed by atoms with E-state index in [1.54, 1.807) is 6.20 Å². The van der Waals surface area contributed by atoms with Crippen molar-refractivity contribution in [2.24, 2.45) is 5.73 Å². The molecule has 6 heteroatoms. The van der Waals surface area contributed by atoms with Gasteiger partial charge in [-0.1, -0.05) is 45.2 Å². The molecule has 0 saturated heterocycles. The fourth-order valence-corrected chi connectivity index (χ4v) is 3.13. The van der Waals surface area contributed by atoms with Gasteiger partial charge in [0.05, 0.1) is 23.0 Å². The number of aromatic nitrogens is 2. The molecule has 19 heavy (non-hydrogen) atoms. The van der Waals surface area contributed by atoms with Crippen LogP contribution in [0.5, 0.6) is 0 Å². The van der Waals surface area contributed by atoms with Gasteiger partial charge < -0.3 is 5.73 Å². The highest BCUT2D eigenvalue weighted by molar-refractivity contribution is 9.10. The Morgan fingerprint density at radius 2 is 2.00 bits per heavy atom. The summed E-state index contributed by atoms with van der Waals surface area (Å²) in [4.78, 5) is 0. The Balaban J connectivity index is 2.49. The molecule has 2 N–H and O–H groups in total. The maximum absolute atomic E-state index is 6.33. The van der Waals surface area contributed by atoms with Gasteiger partial charge >= 0.3 is 0 Å². The SMILES string of the molecule is CC(C)n1ncc(Cl)c1C(N)c1ccc(Cl)cc1Br. The lowest BCUT2D eigenvalue weighted by atomic mass is 10.0. The minimum Gasteiger partial charge on any atom is -0.319 e. The number of rotatable bonds is 3. The number of hydrogen-bond donors (Lipinski definition) is 1. The van der Waals surface area contributed by atoms with Crippen molar-refractivity contribution in [3.8, 4) is 0 Å². The van der Waals surface area contributed by atoms with E-state index in [4.69, 9.17) is 28.9 Å². The van der Waals surface area contributed by atoms with Gasteiger partial charge in [0.15, 0.2) is 0 Å². The second-order valence-electron chi connectivity index (χ2n) is 4.56. The van der Waals surface area contributed by atoms with Crippen LogP contribution in [-0.2, 0) is 0 Å². The third kappa shape index (κ3) is 2.97. The monoisotopic (exact) mass is 361 g/mol. The van der Waals surface area contributed by atoms with E-state index >= 15 is 0 Å². The van der Waals surface area contributed by atoms with E-state index in [1.807, 2.05) is 36.7 Å². The van der Waals surface area contributed by atoms with Crippen LogP contribution in [0.25, 0.3) is 0 Å².